The molecule has 0 aliphatic carbocycles. The number of hydrogen-bond donors (Lipinski definition) is 2. The second-order valence-electron chi connectivity index (χ2n) is 3.71. The number of rotatable bonds is 2. The summed E-state index contributed by atoms with van der Waals surface area (Å²) in [7, 11) is 0. The van der Waals surface area contributed by atoms with Crippen molar-refractivity contribution >= 4 is 26.8 Å². The average Bonchev–Trinajstić information content (AvgIpc) is 2.28. The third-order valence-electron chi connectivity index (χ3n) is 2.68. The minimum absolute atomic E-state index is 0.0907. The fraction of sp³-hybridized carbons (Fsp3) is 0.250. The lowest BCUT2D eigenvalue weighted by molar-refractivity contribution is 1.02. The molecule has 0 saturated carbocycles. The van der Waals surface area contributed by atoms with Crippen LogP contribution in [0.4, 0.5) is 0 Å². The molecule has 3 nitrogen and oxygen atoms in total. The third-order valence-corrected chi connectivity index (χ3v) is 3.13. The van der Waals surface area contributed by atoms with Crippen molar-refractivity contribution in [1.29, 1.82) is 0 Å². The number of hydrogen-bond acceptors (Lipinski definition) is 2. The van der Waals surface area contributed by atoms with Gasteiger partial charge in [0.1, 0.15) is 0 Å². The molecule has 1 aromatic carbocycles. The monoisotopic (exact) mass is 280 g/mol. The first-order chi connectivity index (χ1) is 7.65. The summed E-state index contributed by atoms with van der Waals surface area (Å²) in [5.74, 6) is 0. The number of fused-ring (bicyclic) bond motifs is 1. The van der Waals surface area contributed by atoms with E-state index in [9.17, 15) is 4.79 Å². The first-order valence-corrected chi connectivity index (χ1v) is 5.99. The van der Waals surface area contributed by atoms with Gasteiger partial charge in [-0.2, -0.15) is 0 Å². The van der Waals surface area contributed by atoms with E-state index in [-0.39, 0.29) is 12.1 Å². The lowest BCUT2D eigenvalue weighted by Crippen LogP contribution is -2.16. The van der Waals surface area contributed by atoms with Crippen molar-refractivity contribution in [3.63, 3.8) is 0 Å². The van der Waals surface area contributed by atoms with Gasteiger partial charge in [-0.25, -0.2) is 0 Å². The van der Waals surface area contributed by atoms with Crippen LogP contribution in [0.5, 0.6) is 0 Å². The molecule has 0 saturated heterocycles. The van der Waals surface area contributed by atoms with E-state index in [2.05, 4.69) is 27.8 Å². The molecule has 0 aliphatic heterocycles. The van der Waals surface area contributed by atoms with Gasteiger partial charge in [0.05, 0.1) is 5.52 Å². The van der Waals surface area contributed by atoms with Crippen LogP contribution < -0.4 is 11.3 Å². The fourth-order valence-electron chi connectivity index (χ4n) is 1.83. The summed E-state index contributed by atoms with van der Waals surface area (Å²) in [6.07, 6.45) is 0.883. The molecule has 0 amide bonds. The molecular weight excluding hydrogens is 268 g/mol. The Kier molecular flexibility index (Phi) is 3.12. The van der Waals surface area contributed by atoms with Gasteiger partial charge in [-0.1, -0.05) is 22.9 Å². The Bertz CT molecular complexity index is 589. The topological polar surface area (TPSA) is 58.9 Å². The van der Waals surface area contributed by atoms with E-state index in [1.165, 1.54) is 0 Å². The van der Waals surface area contributed by atoms with Crippen LogP contribution in [0.3, 0.4) is 0 Å². The summed E-state index contributed by atoms with van der Waals surface area (Å²) < 4.78 is 1.02. The van der Waals surface area contributed by atoms with Gasteiger partial charge in [-0.3, -0.25) is 4.79 Å². The van der Waals surface area contributed by atoms with Crippen molar-refractivity contribution in [1.82, 2.24) is 4.98 Å². The molecule has 0 unspecified atom stereocenters. The van der Waals surface area contributed by atoms with Gasteiger partial charge in [0.25, 0.3) is 5.56 Å². The number of H-pyrrole nitrogens is 1. The fourth-order valence-corrected chi connectivity index (χ4v) is 2.35. The highest BCUT2D eigenvalue weighted by molar-refractivity contribution is 9.10. The number of halogens is 1. The zero-order valence-corrected chi connectivity index (χ0v) is 10.6. The minimum Gasteiger partial charge on any atom is -0.326 e. The summed E-state index contributed by atoms with van der Waals surface area (Å²) in [5.41, 5.74) is 8.09. The molecule has 3 N–H and O–H groups in total. The predicted molar refractivity (Wildman–Crippen MR) is 69.5 cm³/mol. The van der Waals surface area contributed by atoms with Crippen LogP contribution in [-0.2, 0) is 13.0 Å². The molecule has 0 aliphatic rings. The molecular formula is C12H13BrN2O. The van der Waals surface area contributed by atoms with Crippen molar-refractivity contribution in [3.8, 4) is 0 Å². The van der Waals surface area contributed by atoms with Gasteiger partial charge in [-0.05, 0) is 35.6 Å². The Hall–Kier alpha value is -1.13. The number of nitrogens with two attached hydrogens (primary N) is 1. The molecule has 0 atom stereocenters. The molecule has 2 rings (SSSR count). The van der Waals surface area contributed by atoms with Crippen molar-refractivity contribution in [2.75, 3.05) is 0 Å². The maximum Gasteiger partial charge on any atom is 0.252 e. The van der Waals surface area contributed by atoms with E-state index >= 15 is 0 Å². The highest BCUT2D eigenvalue weighted by atomic mass is 79.9. The van der Waals surface area contributed by atoms with Crippen LogP contribution in [0.25, 0.3) is 10.9 Å². The second-order valence-corrected chi connectivity index (χ2v) is 4.63. The van der Waals surface area contributed by atoms with Crippen LogP contribution in [0.15, 0.2) is 27.5 Å². The summed E-state index contributed by atoms with van der Waals surface area (Å²) in [5, 5.41) is 1.02. The van der Waals surface area contributed by atoms with Gasteiger partial charge in [0.15, 0.2) is 0 Å². The number of aromatic nitrogens is 1. The van der Waals surface area contributed by atoms with Gasteiger partial charge in [0.2, 0.25) is 0 Å². The lowest BCUT2D eigenvalue weighted by atomic mass is 10.1. The molecule has 0 radical (unpaired) electrons. The van der Waals surface area contributed by atoms with E-state index in [1.54, 1.807) is 0 Å². The van der Waals surface area contributed by atoms with E-state index in [4.69, 9.17) is 5.73 Å². The molecule has 4 heteroatoms. The summed E-state index contributed by atoms with van der Waals surface area (Å²) in [6, 6.07) is 5.88. The lowest BCUT2D eigenvalue weighted by Gasteiger charge is -2.07. The summed E-state index contributed by atoms with van der Waals surface area (Å²) in [4.78, 5) is 14.6. The Labute approximate surface area is 102 Å². The molecule has 0 spiro atoms. The quantitative estimate of drug-likeness (QED) is 0.887. The Morgan fingerprint density at radius 3 is 2.69 bits per heavy atom. The van der Waals surface area contributed by atoms with Crippen LogP contribution in [0, 0.1) is 0 Å². The average molecular weight is 281 g/mol. The maximum absolute atomic E-state index is 11.7. The molecule has 0 bridgehead atoms. The van der Waals surface area contributed by atoms with Gasteiger partial charge in [-0.15, -0.1) is 0 Å². The summed E-state index contributed by atoms with van der Waals surface area (Å²) >= 11 is 3.47. The van der Waals surface area contributed by atoms with Gasteiger partial charge >= 0.3 is 0 Å². The van der Waals surface area contributed by atoms with Gasteiger partial charge in [0, 0.05) is 16.6 Å². The molecule has 2 aromatic rings. The Morgan fingerprint density at radius 1 is 1.31 bits per heavy atom. The molecule has 1 heterocycles. The van der Waals surface area contributed by atoms with Crippen molar-refractivity contribution in [2.24, 2.45) is 5.73 Å². The number of pyridine rings is 1. The van der Waals surface area contributed by atoms with Crippen LogP contribution in [0.1, 0.15) is 18.1 Å². The first-order valence-electron chi connectivity index (χ1n) is 5.20. The molecule has 16 heavy (non-hydrogen) atoms. The Morgan fingerprint density at radius 2 is 2.06 bits per heavy atom. The van der Waals surface area contributed by atoms with Crippen molar-refractivity contribution in [3.05, 3.63) is 44.2 Å². The SMILES string of the molecule is CCc1cc(Br)cc2cc(CN)c(=O)[nH]c12. The zero-order valence-electron chi connectivity index (χ0n) is 9.01. The zero-order chi connectivity index (χ0) is 11.7. The standard InChI is InChI=1S/C12H13BrN2O/c1-2-7-4-10(13)5-8-3-9(6-14)12(16)15-11(7)8/h3-5H,2,6,14H2,1H3,(H,15,16). The number of benzene rings is 1. The van der Waals surface area contributed by atoms with Crippen molar-refractivity contribution in [2.45, 2.75) is 19.9 Å². The highest BCUT2D eigenvalue weighted by Gasteiger charge is 2.05. The molecule has 84 valence electrons. The van der Waals surface area contributed by atoms with E-state index in [0.717, 1.165) is 27.4 Å². The normalized spacial score (nSPS) is 10.9. The van der Waals surface area contributed by atoms with Crippen molar-refractivity contribution < 1.29 is 0 Å². The van der Waals surface area contributed by atoms with Crippen LogP contribution >= 0.6 is 15.9 Å². The van der Waals surface area contributed by atoms with Crippen LogP contribution in [-0.4, -0.2) is 4.98 Å². The largest absolute Gasteiger partial charge is 0.326 e. The molecule has 0 fully saturated rings. The van der Waals surface area contributed by atoms with E-state index in [0.29, 0.717) is 5.56 Å². The summed E-state index contributed by atoms with van der Waals surface area (Å²) in [6.45, 7) is 2.33. The maximum atomic E-state index is 11.7. The Balaban J connectivity index is 2.84. The first kappa shape index (κ1) is 11.4. The molecule has 1 aromatic heterocycles. The van der Waals surface area contributed by atoms with Crippen LogP contribution in [0.2, 0.25) is 0 Å². The highest BCUT2D eigenvalue weighted by Crippen LogP contribution is 2.22. The smallest absolute Gasteiger partial charge is 0.252 e. The predicted octanol–water partition coefficient (Wildman–Crippen LogP) is 2.31. The third kappa shape index (κ3) is 1.90. The number of aryl methyl sites for hydroxylation is 1. The number of aromatic amines is 1. The second kappa shape index (κ2) is 4.39. The minimum atomic E-state index is -0.0907. The van der Waals surface area contributed by atoms with Gasteiger partial charge < -0.3 is 10.7 Å². The van der Waals surface area contributed by atoms with E-state index < -0.39 is 0 Å². The number of nitrogens with one attached hydrogen (secondary N) is 1. The van der Waals surface area contributed by atoms with E-state index in [1.807, 2.05) is 18.2 Å².